The molecule has 1 atom stereocenters. The van der Waals surface area contributed by atoms with Gasteiger partial charge < -0.3 is 14.8 Å². The van der Waals surface area contributed by atoms with Crippen LogP contribution in [0.5, 0.6) is 0 Å². The van der Waals surface area contributed by atoms with Crippen molar-refractivity contribution in [2.45, 2.75) is 52.6 Å². The fourth-order valence-electron chi connectivity index (χ4n) is 3.36. The smallest absolute Gasteiger partial charge is 0.256 e. The molecule has 1 aliphatic heterocycles. The molecular weight excluding hydrogens is 314 g/mol. The van der Waals surface area contributed by atoms with E-state index in [-0.39, 0.29) is 11.9 Å². The highest BCUT2D eigenvalue weighted by Crippen LogP contribution is 2.27. The molecule has 0 radical (unpaired) electrons. The maximum absolute atomic E-state index is 13.1. The van der Waals surface area contributed by atoms with Crippen molar-refractivity contribution in [2.75, 3.05) is 18.4 Å². The van der Waals surface area contributed by atoms with Gasteiger partial charge in [-0.25, -0.2) is 0 Å². The lowest BCUT2D eigenvalue weighted by atomic mass is 10.1. The number of para-hydroxylation sites is 1. The lowest BCUT2D eigenvalue weighted by Gasteiger charge is -2.33. The number of carbonyl (C=O) groups is 1. The quantitative estimate of drug-likeness (QED) is 0.905. The first-order valence-corrected chi connectivity index (χ1v) is 9.08. The van der Waals surface area contributed by atoms with Crippen LogP contribution in [0.15, 0.2) is 24.3 Å². The Labute approximate surface area is 149 Å². The minimum absolute atomic E-state index is 0.0476. The van der Waals surface area contributed by atoms with Crippen LogP contribution in [-0.2, 0) is 6.54 Å². The molecule has 3 rings (SSSR count). The molecular formula is C19H27N5O. The zero-order chi connectivity index (χ0) is 18.0. The normalized spacial score (nSPS) is 16.8. The first kappa shape index (κ1) is 17.5. The van der Waals surface area contributed by atoms with Crippen molar-refractivity contribution in [2.24, 2.45) is 0 Å². The molecule has 2 heterocycles. The Hall–Kier alpha value is -2.37. The van der Waals surface area contributed by atoms with Crippen LogP contribution in [-0.4, -0.2) is 38.7 Å². The number of nitrogens with zero attached hydrogens (tertiary/aromatic N) is 4. The molecule has 0 aliphatic carbocycles. The Morgan fingerprint density at radius 3 is 2.80 bits per heavy atom. The number of nitrogens with one attached hydrogen (secondary N) is 1. The van der Waals surface area contributed by atoms with E-state index in [2.05, 4.69) is 47.8 Å². The zero-order valence-corrected chi connectivity index (χ0v) is 15.5. The second kappa shape index (κ2) is 7.25. The standard InChI is InChI=1S/C19H27N5O/c1-5-10-20-16-9-7-6-8-15(16)19(25)23-11-14(4)24-17(12-23)21-22-18(24)13(2)3/h6-9,13-14,20H,5,10-12H2,1-4H3/t14-/m0/s1. The number of hydrogen-bond donors (Lipinski definition) is 1. The van der Waals surface area contributed by atoms with E-state index in [4.69, 9.17) is 0 Å². The molecule has 0 bridgehead atoms. The van der Waals surface area contributed by atoms with Crippen molar-refractivity contribution in [1.82, 2.24) is 19.7 Å². The highest BCUT2D eigenvalue weighted by molar-refractivity contribution is 5.99. The Morgan fingerprint density at radius 1 is 1.32 bits per heavy atom. The summed E-state index contributed by atoms with van der Waals surface area (Å²) in [6.07, 6.45) is 1.02. The van der Waals surface area contributed by atoms with Crippen molar-refractivity contribution >= 4 is 11.6 Å². The summed E-state index contributed by atoms with van der Waals surface area (Å²) in [6.45, 7) is 10.5. The van der Waals surface area contributed by atoms with Gasteiger partial charge >= 0.3 is 0 Å². The van der Waals surface area contributed by atoms with E-state index in [1.165, 1.54) is 0 Å². The molecule has 2 aromatic rings. The number of anilines is 1. The Kier molecular flexibility index (Phi) is 5.06. The third kappa shape index (κ3) is 3.38. The molecule has 1 aromatic carbocycles. The average molecular weight is 341 g/mol. The predicted molar refractivity (Wildman–Crippen MR) is 98.8 cm³/mol. The summed E-state index contributed by atoms with van der Waals surface area (Å²) >= 11 is 0. The molecule has 6 nitrogen and oxygen atoms in total. The summed E-state index contributed by atoms with van der Waals surface area (Å²) < 4.78 is 2.19. The van der Waals surface area contributed by atoms with E-state index in [1.807, 2.05) is 29.2 Å². The molecule has 1 amide bonds. The second-order valence-corrected chi connectivity index (χ2v) is 7.01. The topological polar surface area (TPSA) is 63.1 Å². The third-order valence-electron chi connectivity index (χ3n) is 4.58. The Balaban J connectivity index is 1.85. The van der Waals surface area contributed by atoms with E-state index in [1.54, 1.807) is 0 Å². The molecule has 0 saturated carbocycles. The SMILES string of the molecule is CCCNc1ccccc1C(=O)N1Cc2nnc(C(C)C)n2[C@@H](C)C1. The summed E-state index contributed by atoms with van der Waals surface area (Å²) in [5.41, 5.74) is 1.62. The van der Waals surface area contributed by atoms with Gasteiger partial charge in [0.15, 0.2) is 5.82 Å². The van der Waals surface area contributed by atoms with Gasteiger partial charge in [-0.15, -0.1) is 10.2 Å². The van der Waals surface area contributed by atoms with E-state index in [9.17, 15) is 4.79 Å². The number of fused-ring (bicyclic) bond motifs is 1. The Morgan fingerprint density at radius 2 is 2.08 bits per heavy atom. The van der Waals surface area contributed by atoms with Gasteiger partial charge in [0, 0.05) is 24.7 Å². The highest BCUT2D eigenvalue weighted by Gasteiger charge is 2.30. The van der Waals surface area contributed by atoms with E-state index >= 15 is 0 Å². The van der Waals surface area contributed by atoms with Crippen LogP contribution in [0.1, 0.15) is 68.1 Å². The molecule has 0 fully saturated rings. The van der Waals surface area contributed by atoms with Gasteiger partial charge in [-0.05, 0) is 25.5 Å². The molecule has 1 N–H and O–H groups in total. The summed E-state index contributed by atoms with van der Waals surface area (Å²) in [7, 11) is 0. The molecule has 0 saturated heterocycles. The zero-order valence-electron chi connectivity index (χ0n) is 15.5. The van der Waals surface area contributed by atoms with Gasteiger partial charge in [0.05, 0.1) is 18.2 Å². The van der Waals surface area contributed by atoms with Crippen LogP contribution >= 0.6 is 0 Å². The molecule has 6 heteroatoms. The van der Waals surface area contributed by atoms with Crippen LogP contribution in [0.2, 0.25) is 0 Å². The number of hydrogen-bond acceptors (Lipinski definition) is 4. The van der Waals surface area contributed by atoms with Gasteiger partial charge in [0.2, 0.25) is 0 Å². The van der Waals surface area contributed by atoms with Crippen LogP contribution in [0.25, 0.3) is 0 Å². The average Bonchev–Trinajstić information content (AvgIpc) is 3.04. The highest BCUT2D eigenvalue weighted by atomic mass is 16.2. The molecule has 134 valence electrons. The van der Waals surface area contributed by atoms with Gasteiger partial charge in [0.25, 0.3) is 5.91 Å². The summed E-state index contributed by atoms with van der Waals surface area (Å²) in [5.74, 6) is 2.24. The second-order valence-electron chi connectivity index (χ2n) is 7.01. The van der Waals surface area contributed by atoms with Crippen LogP contribution in [0, 0.1) is 0 Å². The predicted octanol–water partition coefficient (Wildman–Crippen LogP) is 3.44. The van der Waals surface area contributed by atoms with Crippen LogP contribution < -0.4 is 5.32 Å². The minimum atomic E-state index is 0.0476. The first-order chi connectivity index (χ1) is 12.0. The van der Waals surface area contributed by atoms with Crippen LogP contribution in [0.3, 0.4) is 0 Å². The van der Waals surface area contributed by atoms with Crippen molar-refractivity contribution in [3.8, 4) is 0 Å². The first-order valence-electron chi connectivity index (χ1n) is 9.08. The number of amides is 1. The van der Waals surface area contributed by atoms with Gasteiger partial charge in [-0.3, -0.25) is 4.79 Å². The number of aromatic nitrogens is 3. The molecule has 1 aromatic heterocycles. The van der Waals surface area contributed by atoms with Gasteiger partial charge in [0.1, 0.15) is 5.82 Å². The van der Waals surface area contributed by atoms with Crippen molar-refractivity contribution in [3.05, 3.63) is 41.5 Å². The van der Waals surface area contributed by atoms with Gasteiger partial charge in [-0.2, -0.15) is 0 Å². The Bertz CT molecular complexity index is 752. The molecule has 1 aliphatic rings. The molecule has 25 heavy (non-hydrogen) atoms. The summed E-state index contributed by atoms with van der Waals surface area (Å²) in [4.78, 5) is 15.0. The molecule has 0 unspecified atom stereocenters. The fraction of sp³-hybridized carbons (Fsp3) is 0.526. The number of rotatable bonds is 5. The van der Waals surface area contributed by atoms with Crippen molar-refractivity contribution < 1.29 is 4.79 Å². The monoisotopic (exact) mass is 341 g/mol. The molecule has 0 spiro atoms. The van der Waals surface area contributed by atoms with Crippen molar-refractivity contribution in [3.63, 3.8) is 0 Å². The summed E-state index contributed by atoms with van der Waals surface area (Å²) in [6, 6.07) is 7.91. The minimum Gasteiger partial charge on any atom is -0.384 e. The van der Waals surface area contributed by atoms with Gasteiger partial charge in [-0.1, -0.05) is 32.9 Å². The number of benzene rings is 1. The lowest BCUT2D eigenvalue weighted by Crippen LogP contribution is -2.41. The van der Waals surface area contributed by atoms with Crippen molar-refractivity contribution in [1.29, 1.82) is 0 Å². The largest absolute Gasteiger partial charge is 0.384 e. The third-order valence-corrected chi connectivity index (χ3v) is 4.58. The number of carbonyl (C=O) groups excluding carboxylic acids is 1. The lowest BCUT2D eigenvalue weighted by molar-refractivity contribution is 0.0680. The summed E-state index contributed by atoms with van der Waals surface area (Å²) in [5, 5.41) is 12.0. The maximum Gasteiger partial charge on any atom is 0.256 e. The fourth-order valence-corrected chi connectivity index (χ4v) is 3.36. The van der Waals surface area contributed by atoms with E-state index in [0.29, 0.717) is 19.0 Å². The van der Waals surface area contributed by atoms with E-state index < -0.39 is 0 Å². The maximum atomic E-state index is 13.1. The van der Waals surface area contributed by atoms with E-state index in [0.717, 1.165) is 35.9 Å². The van der Waals surface area contributed by atoms with Crippen LogP contribution in [0.4, 0.5) is 5.69 Å².